The number of nitrogens with zero attached hydrogens (tertiary/aromatic N) is 6. The van der Waals surface area contributed by atoms with Crippen LogP contribution < -0.4 is 5.73 Å². The molecule has 5 rings (SSSR count). The van der Waals surface area contributed by atoms with Crippen molar-refractivity contribution in [3.8, 4) is 0 Å². The zero-order valence-electron chi connectivity index (χ0n) is 22.6. The minimum absolute atomic E-state index is 0. The monoisotopic (exact) mass is 579 g/mol. The van der Waals surface area contributed by atoms with Crippen molar-refractivity contribution in [3.05, 3.63) is 48.0 Å². The molecule has 3 aromatic rings. The molecule has 2 saturated heterocycles. The third kappa shape index (κ3) is 7.11. The fraction of sp³-hybridized carbons (Fsp3) is 0.556. The van der Waals surface area contributed by atoms with Crippen molar-refractivity contribution >= 4 is 47.7 Å². The number of amides is 2. The minimum atomic E-state index is -0.537. The smallest absolute Gasteiger partial charge is 0.284 e. The van der Waals surface area contributed by atoms with Crippen molar-refractivity contribution in [2.45, 2.75) is 39.3 Å². The average molecular weight is 581 g/mol. The van der Waals surface area contributed by atoms with Crippen LogP contribution in [0, 0.1) is 11.8 Å². The number of likely N-dealkylation sites (tertiary alicyclic amines) is 1. The molecule has 214 valence electrons. The van der Waals surface area contributed by atoms with Crippen LogP contribution in [-0.4, -0.2) is 86.9 Å². The number of carbonyl (C=O) groups excluding carboxylic acids is 2. The number of hydrogen-bond donors (Lipinski definition) is 1. The number of nitrogens with two attached hydrogens (primary N) is 1. The van der Waals surface area contributed by atoms with Gasteiger partial charge in [-0.25, -0.2) is 4.98 Å². The molecule has 12 heteroatoms. The highest BCUT2D eigenvalue weighted by Crippen LogP contribution is 2.28. The lowest BCUT2D eigenvalue weighted by Crippen LogP contribution is -2.51. The number of piperidine rings is 1. The highest BCUT2D eigenvalue weighted by molar-refractivity contribution is 5.93. The van der Waals surface area contributed by atoms with Gasteiger partial charge in [0.15, 0.2) is 5.82 Å². The Morgan fingerprint density at radius 2 is 1.85 bits per heavy atom. The molecule has 0 radical (unpaired) electrons. The lowest BCUT2D eigenvalue weighted by Gasteiger charge is -2.40. The molecule has 2 fully saturated rings. The maximum absolute atomic E-state index is 13.4. The number of hydrogen-bond acceptors (Lipinski definition) is 6. The molecule has 2 aliphatic rings. The Labute approximate surface area is 241 Å². The number of imidazole rings is 1. The summed E-state index contributed by atoms with van der Waals surface area (Å²) in [5, 5.41) is 4.90. The van der Waals surface area contributed by atoms with Crippen LogP contribution in [0.4, 0.5) is 0 Å². The molecule has 2 aromatic heterocycles. The topological polar surface area (TPSA) is 112 Å². The van der Waals surface area contributed by atoms with Gasteiger partial charge in [-0.2, -0.15) is 5.10 Å². The Balaban J connectivity index is 0.00000210. The molecular formula is C27H39Cl2N7O3. The summed E-state index contributed by atoms with van der Waals surface area (Å²) in [7, 11) is 0. The van der Waals surface area contributed by atoms with Gasteiger partial charge in [0.25, 0.3) is 5.91 Å². The Bertz CT molecular complexity index is 1260. The van der Waals surface area contributed by atoms with Gasteiger partial charge < -0.3 is 24.8 Å². The lowest BCUT2D eigenvalue weighted by molar-refractivity contribution is -0.142. The molecule has 2 atom stereocenters. The number of fused-ring (bicyclic) bond motifs is 1. The zero-order chi connectivity index (χ0) is 25.9. The van der Waals surface area contributed by atoms with E-state index in [9.17, 15) is 9.59 Å². The Morgan fingerprint density at radius 1 is 1.10 bits per heavy atom. The van der Waals surface area contributed by atoms with Crippen LogP contribution in [0.1, 0.15) is 42.6 Å². The van der Waals surface area contributed by atoms with Crippen LogP contribution in [0.3, 0.4) is 0 Å². The van der Waals surface area contributed by atoms with Gasteiger partial charge in [0.2, 0.25) is 5.91 Å². The maximum Gasteiger partial charge on any atom is 0.284 e. The number of aryl methyl sites for hydroxylation is 2. The van der Waals surface area contributed by atoms with Gasteiger partial charge in [-0.3, -0.25) is 14.3 Å². The SMILES string of the molecule is CC(C)CN1C[C@H](C(=O)N2CCOCC2)C[C@H](n2ccc(CCn3c(C(N)=O)nc4ccccc43)n2)C1.Cl.Cl. The predicted octanol–water partition coefficient (Wildman–Crippen LogP) is 2.80. The van der Waals surface area contributed by atoms with Crippen molar-refractivity contribution in [3.63, 3.8) is 0 Å². The predicted molar refractivity (Wildman–Crippen MR) is 154 cm³/mol. The minimum Gasteiger partial charge on any atom is -0.378 e. The zero-order valence-corrected chi connectivity index (χ0v) is 24.2. The van der Waals surface area contributed by atoms with E-state index >= 15 is 0 Å². The third-order valence-corrected chi connectivity index (χ3v) is 7.30. The molecule has 0 spiro atoms. The Kier molecular flexibility index (Phi) is 10.8. The van der Waals surface area contributed by atoms with E-state index < -0.39 is 5.91 Å². The third-order valence-electron chi connectivity index (χ3n) is 7.30. The number of benzene rings is 1. The van der Waals surface area contributed by atoms with Crippen molar-refractivity contribution in [2.24, 2.45) is 17.6 Å². The van der Waals surface area contributed by atoms with Crippen LogP contribution in [0.25, 0.3) is 11.0 Å². The highest BCUT2D eigenvalue weighted by Gasteiger charge is 2.35. The van der Waals surface area contributed by atoms with E-state index in [0.717, 1.165) is 42.8 Å². The summed E-state index contributed by atoms with van der Waals surface area (Å²) in [6.07, 6.45) is 3.45. The summed E-state index contributed by atoms with van der Waals surface area (Å²) >= 11 is 0. The van der Waals surface area contributed by atoms with Gasteiger partial charge in [-0.05, 0) is 30.5 Å². The largest absolute Gasteiger partial charge is 0.378 e. The molecule has 0 bridgehead atoms. The molecule has 2 N–H and O–H groups in total. The van der Waals surface area contributed by atoms with Crippen molar-refractivity contribution < 1.29 is 14.3 Å². The van der Waals surface area contributed by atoms with Gasteiger partial charge in [0.1, 0.15) is 0 Å². The van der Waals surface area contributed by atoms with Crippen molar-refractivity contribution in [2.75, 3.05) is 45.9 Å². The number of primary amides is 1. The number of para-hydroxylation sites is 2. The van der Waals surface area contributed by atoms with Gasteiger partial charge in [-0.1, -0.05) is 26.0 Å². The first kappa shape index (κ1) is 30.9. The van der Waals surface area contributed by atoms with Crippen LogP contribution in [0.2, 0.25) is 0 Å². The normalized spacial score (nSPS) is 20.0. The van der Waals surface area contributed by atoms with Crippen LogP contribution in [-0.2, 0) is 22.5 Å². The fourth-order valence-electron chi connectivity index (χ4n) is 5.67. The first-order valence-electron chi connectivity index (χ1n) is 13.3. The van der Waals surface area contributed by atoms with E-state index in [1.54, 1.807) is 0 Å². The second-order valence-corrected chi connectivity index (χ2v) is 10.6. The summed E-state index contributed by atoms with van der Waals surface area (Å²) in [4.78, 5) is 34.2. The first-order valence-corrected chi connectivity index (χ1v) is 13.3. The number of halogens is 2. The summed E-state index contributed by atoms with van der Waals surface area (Å²) in [5.41, 5.74) is 8.18. The molecule has 0 saturated carbocycles. The Morgan fingerprint density at radius 3 is 2.56 bits per heavy atom. The number of ether oxygens (including phenoxy) is 1. The molecule has 2 amide bonds. The molecule has 0 aliphatic carbocycles. The van der Waals surface area contributed by atoms with Crippen molar-refractivity contribution in [1.29, 1.82) is 0 Å². The number of carbonyl (C=O) groups is 2. The average Bonchev–Trinajstić information content (AvgIpc) is 3.52. The summed E-state index contributed by atoms with van der Waals surface area (Å²) in [5.74, 6) is 0.446. The van der Waals surface area contributed by atoms with Gasteiger partial charge >= 0.3 is 0 Å². The summed E-state index contributed by atoms with van der Waals surface area (Å²) < 4.78 is 9.35. The van der Waals surface area contributed by atoms with Crippen molar-refractivity contribution in [1.82, 2.24) is 29.1 Å². The molecule has 4 heterocycles. The quantitative estimate of drug-likeness (QED) is 0.439. The van der Waals surface area contributed by atoms with Gasteiger partial charge in [-0.15, -0.1) is 24.8 Å². The molecule has 39 heavy (non-hydrogen) atoms. The molecular weight excluding hydrogens is 541 g/mol. The first-order chi connectivity index (χ1) is 17.9. The summed E-state index contributed by atoms with van der Waals surface area (Å²) in [6, 6.07) is 9.82. The van der Waals surface area contributed by atoms with E-state index in [0.29, 0.717) is 45.2 Å². The number of rotatable bonds is 8. The molecule has 0 unspecified atom stereocenters. The van der Waals surface area contributed by atoms with E-state index in [1.165, 1.54) is 0 Å². The second-order valence-electron chi connectivity index (χ2n) is 10.6. The van der Waals surface area contributed by atoms with E-state index in [4.69, 9.17) is 15.6 Å². The number of morpholine rings is 1. The molecule has 10 nitrogen and oxygen atoms in total. The van der Waals surface area contributed by atoms with Gasteiger partial charge in [0, 0.05) is 51.9 Å². The van der Waals surface area contributed by atoms with Crippen LogP contribution in [0.5, 0.6) is 0 Å². The molecule has 1 aromatic carbocycles. The summed E-state index contributed by atoms with van der Waals surface area (Å²) in [6.45, 7) is 10.2. The van der Waals surface area contributed by atoms with Crippen LogP contribution >= 0.6 is 24.8 Å². The van der Waals surface area contributed by atoms with Crippen LogP contribution in [0.15, 0.2) is 36.5 Å². The lowest BCUT2D eigenvalue weighted by atomic mass is 9.92. The standard InChI is InChI=1S/C27H37N7O3.2ClH/c1-19(2)16-31-17-20(27(36)32-11-13-37-14-12-32)15-22(18-31)34-10-8-21(30-34)7-9-33-24-6-4-3-5-23(24)29-26(33)25(28)35;;/h3-6,8,10,19-20,22H,7,9,11-18H2,1-2H3,(H2,28,35);2*1H/t20-,22+;;/m1../s1. The second kappa shape index (κ2) is 13.6. The van der Waals surface area contributed by atoms with E-state index in [-0.39, 0.29) is 48.5 Å². The fourth-order valence-corrected chi connectivity index (χ4v) is 5.67. The maximum atomic E-state index is 13.4. The van der Waals surface area contributed by atoms with E-state index in [2.05, 4.69) is 23.7 Å². The molecule has 2 aliphatic heterocycles. The highest BCUT2D eigenvalue weighted by atomic mass is 35.5. The van der Waals surface area contributed by atoms with E-state index in [1.807, 2.05) is 50.7 Å². The Hall–Kier alpha value is -2.66. The number of aromatic nitrogens is 4. The van der Waals surface area contributed by atoms with Gasteiger partial charge in [0.05, 0.1) is 41.9 Å².